The molecule has 1 amide bonds. The zero-order valence-electron chi connectivity index (χ0n) is 16.0. The highest BCUT2D eigenvalue weighted by Crippen LogP contribution is 2.34. The van der Waals surface area contributed by atoms with E-state index in [2.05, 4.69) is 20.6 Å². The van der Waals surface area contributed by atoms with Gasteiger partial charge in [0.1, 0.15) is 5.88 Å². The molecule has 1 aromatic heterocycles. The van der Waals surface area contributed by atoms with Crippen molar-refractivity contribution in [3.05, 3.63) is 72.4 Å². The second kappa shape index (κ2) is 9.48. The number of amides is 1. The molecule has 0 atom stereocenters. The van der Waals surface area contributed by atoms with Crippen molar-refractivity contribution in [1.29, 1.82) is 0 Å². The van der Waals surface area contributed by atoms with Gasteiger partial charge in [0, 0.05) is 17.3 Å². The molecular weight excluding hydrogens is 431 g/mol. The molecule has 0 saturated heterocycles. The first-order valence-electron chi connectivity index (χ1n) is 9.01. The Hall–Kier alpha value is -3.59. The van der Waals surface area contributed by atoms with Gasteiger partial charge in [-0.15, -0.1) is 11.6 Å². The number of para-hydroxylation sites is 1. The van der Waals surface area contributed by atoms with Gasteiger partial charge in [-0.05, 0) is 40.9 Å². The number of pyridine rings is 1. The number of benzene rings is 2. The lowest BCUT2D eigenvalue weighted by Gasteiger charge is -2.12. The van der Waals surface area contributed by atoms with Crippen LogP contribution in [-0.4, -0.2) is 17.7 Å². The number of alkyl halides is 4. The standard InChI is InChI=1S/C21H17ClF3N5O/c22-11-19(31)28-15-8-5-13(6-9-15)14-7-10-18(27-12-14)30-20(26)29-17-4-2-1-3-16(17)21(23,24)25/h1-10,12H,11H2,(H,28,31)(H3,26,27,29,30)/p+1. The fourth-order valence-corrected chi connectivity index (χ4v) is 2.81. The van der Waals surface area contributed by atoms with Crippen LogP contribution in [-0.2, 0) is 11.0 Å². The molecule has 3 rings (SSSR count). The lowest BCUT2D eigenvalue weighted by molar-refractivity contribution is -0.361. The number of nitrogens with zero attached hydrogens (tertiary/aromatic N) is 1. The van der Waals surface area contributed by atoms with Crippen molar-refractivity contribution in [3.8, 4) is 11.1 Å². The van der Waals surface area contributed by atoms with Crippen LogP contribution in [0.15, 0.2) is 71.9 Å². The van der Waals surface area contributed by atoms with Gasteiger partial charge in [0.05, 0.1) is 17.4 Å². The van der Waals surface area contributed by atoms with Crippen molar-refractivity contribution in [2.75, 3.05) is 16.5 Å². The topological polar surface area (TPSA) is 93.6 Å². The van der Waals surface area contributed by atoms with Gasteiger partial charge in [0.25, 0.3) is 0 Å². The molecule has 0 fully saturated rings. The minimum absolute atomic E-state index is 0.127. The number of rotatable bonds is 5. The first-order valence-corrected chi connectivity index (χ1v) is 9.55. The lowest BCUT2D eigenvalue weighted by Crippen LogP contribution is -2.24. The van der Waals surface area contributed by atoms with E-state index < -0.39 is 11.7 Å². The quantitative estimate of drug-likeness (QED) is 0.306. The summed E-state index contributed by atoms with van der Waals surface area (Å²) in [5.41, 5.74) is 7.09. The number of halogens is 4. The van der Waals surface area contributed by atoms with Crippen LogP contribution in [0.5, 0.6) is 0 Å². The monoisotopic (exact) mass is 448 g/mol. The summed E-state index contributed by atoms with van der Waals surface area (Å²) in [6.07, 6.45) is -2.83. The van der Waals surface area contributed by atoms with Crippen LogP contribution >= 0.6 is 11.6 Å². The molecule has 0 radical (unpaired) electrons. The van der Waals surface area contributed by atoms with Crippen molar-refractivity contribution in [2.45, 2.75) is 6.18 Å². The van der Waals surface area contributed by atoms with Crippen LogP contribution < -0.4 is 21.4 Å². The number of aromatic nitrogens is 1. The van der Waals surface area contributed by atoms with Crippen LogP contribution in [0.25, 0.3) is 11.1 Å². The molecule has 31 heavy (non-hydrogen) atoms. The Bertz CT molecular complexity index is 1080. The summed E-state index contributed by atoms with van der Waals surface area (Å²) in [5.74, 6) is -0.267. The molecule has 0 aliphatic rings. The zero-order chi connectivity index (χ0) is 22.4. The Kier molecular flexibility index (Phi) is 6.76. The molecule has 1 heterocycles. The van der Waals surface area contributed by atoms with E-state index in [-0.39, 0.29) is 23.4 Å². The van der Waals surface area contributed by atoms with Gasteiger partial charge >= 0.3 is 18.0 Å². The van der Waals surface area contributed by atoms with Crippen molar-refractivity contribution in [3.63, 3.8) is 0 Å². The minimum Gasteiger partial charge on any atom is -0.348 e. The lowest BCUT2D eigenvalue weighted by atomic mass is 10.1. The molecule has 0 unspecified atom stereocenters. The SMILES string of the molecule is NC(=Nc1ccc(-c2ccc(NC(=O)CCl)cc2)c[nH+]1)Nc1ccccc1C(F)(F)F. The third kappa shape index (κ3) is 5.95. The van der Waals surface area contributed by atoms with Crippen LogP contribution in [0.3, 0.4) is 0 Å². The van der Waals surface area contributed by atoms with Crippen molar-refractivity contribution < 1.29 is 22.9 Å². The van der Waals surface area contributed by atoms with E-state index >= 15 is 0 Å². The van der Waals surface area contributed by atoms with Gasteiger partial charge < -0.3 is 16.4 Å². The Morgan fingerprint density at radius 3 is 2.29 bits per heavy atom. The number of carbonyl (C=O) groups excluding carboxylic acids is 1. The summed E-state index contributed by atoms with van der Waals surface area (Å²) in [7, 11) is 0. The fourth-order valence-electron chi connectivity index (χ4n) is 2.74. The number of nitrogens with one attached hydrogen (secondary N) is 3. The molecule has 0 saturated carbocycles. The van der Waals surface area contributed by atoms with E-state index in [1.807, 2.05) is 12.1 Å². The zero-order valence-corrected chi connectivity index (χ0v) is 16.8. The van der Waals surface area contributed by atoms with Crippen LogP contribution in [0, 0.1) is 0 Å². The first kappa shape index (κ1) is 22.1. The number of carbonyl (C=O) groups is 1. The number of hydrogen-bond acceptors (Lipinski definition) is 2. The summed E-state index contributed by atoms with van der Waals surface area (Å²) in [4.78, 5) is 18.3. The van der Waals surface area contributed by atoms with E-state index in [1.165, 1.54) is 18.2 Å². The van der Waals surface area contributed by atoms with Gasteiger partial charge in [-0.1, -0.05) is 24.3 Å². The molecule has 0 bridgehead atoms. The van der Waals surface area contributed by atoms with Gasteiger partial charge in [-0.3, -0.25) is 4.79 Å². The molecule has 160 valence electrons. The Labute approximate surface area is 181 Å². The number of H-pyrrole nitrogens is 1. The maximum atomic E-state index is 13.1. The van der Waals surface area contributed by atoms with E-state index in [9.17, 15) is 18.0 Å². The predicted molar refractivity (Wildman–Crippen MR) is 114 cm³/mol. The molecule has 6 nitrogen and oxygen atoms in total. The summed E-state index contributed by atoms with van der Waals surface area (Å²) in [5, 5.41) is 5.13. The maximum Gasteiger partial charge on any atom is 0.418 e. The van der Waals surface area contributed by atoms with Crippen LogP contribution in [0.4, 0.5) is 30.4 Å². The maximum absolute atomic E-state index is 13.1. The second-order valence-corrected chi connectivity index (χ2v) is 6.65. The highest BCUT2D eigenvalue weighted by molar-refractivity contribution is 6.29. The summed E-state index contributed by atoms with van der Waals surface area (Å²) in [6, 6.07) is 15.5. The molecule has 0 aliphatic carbocycles. The van der Waals surface area contributed by atoms with E-state index in [0.717, 1.165) is 17.2 Å². The van der Waals surface area contributed by atoms with Crippen LogP contribution in [0.1, 0.15) is 5.56 Å². The van der Waals surface area contributed by atoms with Crippen molar-refractivity contribution >= 4 is 40.7 Å². The normalized spacial score (nSPS) is 11.8. The average Bonchev–Trinajstić information content (AvgIpc) is 2.74. The third-order valence-electron chi connectivity index (χ3n) is 4.16. The summed E-state index contributed by atoms with van der Waals surface area (Å²) >= 11 is 5.46. The Morgan fingerprint density at radius 2 is 1.68 bits per heavy atom. The van der Waals surface area contributed by atoms with E-state index in [1.54, 1.807) is 30.5 Å². The molecule has 5 N–H and O–H groups in total. The highest BCUT2D eigenvalue weighted by atomic mass is 35.5. The highest BCUT2D eigenvalue weighted by Gasteiger charge is 2.33. The largest absolute Gasteiger partial charge is 0.418 e. The first-order chi connectivity index (χ1) is 14.8. The molecular formula is C21H18ClF3N5O+. The number of nitrogens with two attached hydrogens (primary N) is 1. The molecule has 2 aromatic carbocycles. The number of anilines is 2. The van der Waals surface area contributed by atoms with Crippen LogP contribution in [0.2, 0.25) is 0 Å². The van der Waals surface area contributed by atoms with Gasteiger partial charge in [0.2, 0.25) is 5.91 Å². The number of guanidine groups is 1. The molecule has 0 aliphatic heterocycles. The van der Waals surface area contributed by atoms with E-state index in [4.69, 9.17) is 17.3 Å². The summed E-state index contributed by atoms with van der Waals surface area (Å²) < 4.78 is 39.2. The van der Waals surface area contributed by atoms with Crippen molar-refractivity contribution in [2.24, 2.45) is 10.7 Å². The predicted octanol–water partition coefficient (Wildman–Crippen LogP) is 4.42. The molecule has 0 spiro atoms. The number of aromatic amines is 1. The number of hydrogen-bond donors (Lipinski definition) is 3. The number of aliphatic imine (C=N–C) groups is 1. The second-order valence-electron chi connectivity index (χ2n) is 6.39. The fraction of sp³-hybridized carbons (Fsp3) is 0.0952. The third-order valence-corrected chi connectivity index (χ3v) is 4.40. The van der Waals surface area contributed by atoms with Gasteiger partial charge in [-0.2, -0.15) is 13.2 Å². The Morgan fingerprint density at radius 1 is 1.00 bits per heavy atom. The summed E-state index contributed by atoms with van der Waals surface area (Å²) in [6.45, 7) is 0. The van der Waals surface area contributed by atoms with Gasteiger partial charge in [0.15, 0.2) is 0 Å². The minimum atomic E-state index is -4.51. The molecule has 10 heteroatoms. The average molecular weight is 449 g/mol. The smallest absolute Gasteiger partial charge is 0.348 e. The van der Waals surface area contributed by atoms with Gasteiger partial charge in [-0.25, -0.2) is 4.98 Å². The molecule has 3 aromatic rings. The van der Waals surface area contributed by atoms with Crippen molar-refractivity contribution in [1.82, 2.24) is 0 Å². The van der Waals surface area contributed by atoms with E-state index in [0.29, 0.717) is 11.5 Å². The Balaban J connectivity index is 1.72.